The maximum Gasteiger partial charge on any atom is 0.326 e. The molecule has 0 bridgehead atoms. The van der Waals surface area contributed by atoms with Gasteiger partial charge in [-0.2, -0.15) is 12.6 Å². The fourth-order valence-electron chi connectivity index (χ4n) is 10.5. The zero-order valence-corrected chi connectivity index (χ0v) is 60.5. The molecule has 0 radical (unpaired) electrons. The molecule has 0 saturated heterocycles. The number of guanidine groups is 1. The fraction of sp³-hybridized carbons (Fsp3) is 0.457. The summed E-state index contributed by atoms with van der Waals surface area (Å²) >= 11 is 4.26. The van der Waals surface area contributed by atoms with Gasteiger partial charge in [-0.1, -0.05) is 94.4 Å². The largest absolute Gasteiger partial charge is 0.508 e. The highest BCUT2D eigenvalue weighted by Crippen LogP contribution is 2.17. The van der Waals surface area contributed by atoms with Crippen LogP contribution in [0.4, 0.5) is 0 Å². The van der Waals surface area contributed by atoms with Gasteiger partial charge in [0.05, 0.1) is 32.4 Å². The molecule has 584 valence electrons. The molecule has 0 aliphatic carbocycles. The quantitative estimate of drug-likeness (QED) is 0.00851. The van der Waals surface area contributed by atoms with Crippen molar-refractivity contribution in [2.45, 2.75) is 152 Å². The van der Waals surface area contributed by atoms with E-state index in [1.165, 1.54) is 72.8 Å². The monoisotopic (exact) mass is 1510 g/mol. The first-order chi connectivity index (χ1) is 50.6. The van der Waals surface area contributed by atoms with Crippen LogP contribution in [0.15, 0.2) is 108 Å². The number of aliphatic carboxylic acids is 1. The van der Waals surface area contributed by atoms with E-state index < -0.39 is 182 Å². The van der Waals surface area contributed by atoms with Crippen LogP contribution in [-0.4, -0.2) is 230 Å². The lowest BCUT2D eigenvalue weighted by atomic mass is 10.0. The van der Waals surface area contributed by atoms with Crippen LogP contribution < -0.4 is 81.0 Å². The molecule has 25 N–H and O–H groups in total. The highest BCUT2D eigenvalue weighted by Gasteiger charge is 2.38. The van der Waals surface area contributed by atoms with E-state index in [9.17, 15) is 98.1 Å². The van der Waals surface area contributed by atoms with Crippen molar-refractivity contribution in [2.24, 2.45) is 34.0 Å². The van der Waals surface area contributed by atoms with Crippen molar-refractivity contribution >= 4 is 95.4 Å². The van der Waals surface area contributed by atoms with Gasteiger partial charge in [-0.15, -0.1) is 0 Å². The number of rotatable bonds is 44. The van der Waals surface area contributed by atoms with Gasteiger partial charge in [0.1, 0.15) is 83.7 Å². The summed E-state index contributed by atoms with van der Waals surface area (Å²) in [5.74, 6) is -15.4. The molecule has 4 aromatic carbocycles. The molecule has 0 fully saturated rings. The molecule has 4 aromatic rings. The van der Waals surface area contributed by atoms with Crippen molar-refractivity contribution in [1.29, 1.82) is 0 Å². The standard InChI is InChI=1S/C70H98N16O20S/c1-36(2)26-47(61(97)84-54(35-107)66(102)85-57(37(3)4)67(103)81-51(69(105)106)30-42-17-23-45(92)24-18-42)80-68(104)58(38(5)89)86-60(96)46(12-9-25-74-70(72)73)78-64(100)50(27-39-10-7-6-8-11-39)79-65(101)53(34-88)83-63(99)49(29-41-15-21-44(91)22-16-41)77-56(94)32-75-59(95)52(33-87)82-62(98)48(76-55(93)31-71)28-40-13-19-43(90)20-14-40/h6-8,10-11,13-24,36-38,46-54,57-58,87-92,107H,9,12,25-35,71H2,1-5H3,(H,75,95)(H,76,93)(H,77,94)(H,78,100)(H,79,101)(H,80,104)(H,81,103)(H,82,98)(H,83,99)(H,84,97)(H,85,102)(H,86,96)(H,105,106)(H4,72,73,74)/t38-,46+,47+,48+,49+,50+,51+,52+,53+,54+,57+,58+/m1/s1. The average Bonchev–Trinajstić information content (AvgIpc) is 0.867. The van der Waals surface area contributed by atoms with Crippen LogP contribution in [0.5, 0.6) is 17.2 Å². The number of nitrogens with zero attached hydrogens (tertiary/aromatic N) is 1. The van der Waals surface area contributed by atoms with Crippen molar-refractivity contribution in [2.75, 3.05) is 38.6 Å². The highest BCUT2D eigenvalue weighted by molar-refractivity contribution is 7.80. The van der Waals surface area contributed by atoms with Crippen LogP contribution in [0.1, 0.15) is 76.1 Å². The number of phenols is 3. The Hall–Kier alpha value is -11.2. The van der Waals surface area contributed by atoms with Crippen molar-refractivity contribution in [3.63, 3.8) is 0 Å². The Bertz CT molecular complexity index is 3680. The van der Waals surface area contributed by atoms with Crippen molar-refractivity contribution in [3.05, 3.63) is 125 Å². The Morgan fingerprint density at radius 3 is 1.23 bits per heavy atom. The first-order valence-corrected chi connectivity index (χ1v) is 34.7. The number of nitrogens with one attached hydrogen (secondary N) is 12. The van der Waals surface area contributed by atoms with Crippen LogP contribution in [-0.2, 0) is 88.0 Å². The van der Waals surface area contributed by atoms with Gasteiger partial charge in [0.2, 0.25) is 70.9 Å². The zero-order chi connectivity index (χ0) is 79.6. The summed E-state index contributed by atoms with van der Waals surface area (Å²) in [4.78, 5) is 182. The number of carboxylic acid groups (broad SMARTS) is 1. The summed E-state index contributed by atoms with van der Waals surface area (Å²) in [5, 5.41) is 100. The molecular weight excluding hydrogens is 1420 g/mol. The Morgan fingerprint density at radius 1 is 0.430 bits per heavy atom. The molecule has 0 aliphatic rings. The molecule has 0 unspecified atom stereocenters. The Labute approximate surface area is 622 Å². The van der Waals surface area contributed by atoms with Crippen molar-refractivity contribution < 1.29 is 98.1 Å². The first-order valence-electron chi connectivity index (χ1n) is 34.1. The second-order valence-electron chi connectivity index (χ2n) is 25.8. The van der Waals surface area contributed by atoms with Gasteiger partial charge < -0.3 is 117 Å². The molecule has 0 aliphatic heterocycles. The van der Waals surface area contributed by atoms with E-state index >= 15 is 0 Å². The van der Waals surface area contributed by atoms with Gasteiger partial charge in [0.15, 0.2) is 5.96 Å². The minimum absolute atomic E-state index is 0.0170. The summed E-state index contributed by atoms with van der Waals surface area (Å²) in [5.41, 5.74) is 18.3. The fourth-order valence-corrected chi connectivity index (χ4v) is 10.7. The number of aliphatic imine (C=N–C) groups is 1. The summed E-state index contributed by atoms with van der Waals surface area (Å²) < 4.78 is 0. The molecule has 36 nitrogen and oxygen atoms in total. The number of aliphatic hydroxyl groups excluding tert-OH is 3. The molecule has 37 heteroatoms. The van der Waals surface area contributed by atoms with Gasteiger partial charge >= 0.3 is 5.97 Å². The smallest absolute Gasteiger partial charge is 0.326 e. The maximum atomic E-state index is 14.7. The van der Waals surface area contributed by atoms with Crippen LogP contribution >= 0.6 is 12.6 Å². The van der Waals surface area contributed by atoms with E-state index in [0.29, 0.717) is 22.3 Å². The number of nitrogens with two attached hydrogens (primary N) is 3. The van der Waals surface area contributed by atoms with Crippen molar-refractivity contribution in [3.8, 4) is 17.2 Å². The Balaban J connectivity index is 1.54. The number of hydrogen-bond acceptors (Lipinski definition) is 22. The van der Waals surface area contributed by atoms with Crippen LogP contribution in [0.25, 0.3) is 0 Å². The average molecular weight is 1520 g/mol. The number of aliphatic hydroxyl groups is 3. The number of amides is 12. The van der Waals surface area contributed by atoms with E-state index in [0.717, 1.165) is 6.92 Å². The number of phenolic OH excluding ortho intramolecular Hbond substituents is 3. The van der Waals surface area contributed by atoms with Gasteiger partial charge in [0, 0.05) is 38.0 Å². The van der Waals surface area contributed by atoms with E-state index in [1.54, 1.807) is 58.0 Å². The van der Waals surface area contributed by atoms with Crippen LogP contribution in [0.2, 0.25) is 0 Å². The summed E-state index contributed by atoms with van der Waals surface area (Å²) in [6, 6.07) is 7.33. The molecule has 0 heterocycles. The minimum atomic E-state index is -1.89. The Kier molecular flexibility index (Phi) is 36.8. The highest BCUT2D eigenvalue weighted by atomic mass is 32.1. The normalized spacial score (nSPS) is 14.4. The number of thiol groups is 1. The number of hydrogen-bond donors (Lipinski definition) is 23. The second-order valence-corrected chi connectivity index (χ2v) is 26.2. The van der Waals surface area contributed by atoms with E-state index in [4.69, 9.17) is 17.2 Å². The molecule has 0 aromatic heterocycles. The third kappa shape index (κ3) is 30.8. The van der Waals surface area contributed by atoms with Gasteiger partial charge in [-0.3, -0.25) is 62.5 Å². The molecule has 12 atom stereocenters. The van der Waals surface area contributed by atoms with E-state index in [2.05, 4.69) is 81.4 Å². The lowest BCUT2D eigenvalue weighted by Crippen LogP contribution is -2.62. The predicted octanol–water partition coefficient (Wildman–Crippen LogP) is -5.38. The van der Waals surface area contributed by atoms with Crippen LogP contribution in [0.3, 0.4) is 0 Å². The summed E-state index contributed by atoms with van der Waals surface area (Å²) in [6.45, 7) is 4.10. The van der Waals surface area contributed by atoms with Gasteiger partial charge in [-0.25, -0.2) is 4.79 Å². The molecule has 0 saturated carbocycles. The molecule has 0 spiro atoms. The van der Waals surface area contributed by atoms with Gasteiger partial charge in [0.25, 0.3) is 0 Å². The van der Waals surface area contributed by atoms with Crippen molar-refractivity contribution in [1.82, 2.24) is 63.8 Å². The van der Waals surface area contributed by atoms with Crippen LogP contribution in [0, 0.1) is 11.8 Å². The molecule has 12 amide bonds. The molecule has 4 rings (SSSR count). The summed E-state index contributed by atoms with van der Waals surface area (Å²) in [7, 11) is 0. The summed E-state index contributed by atoms with van der Waals surface area (Å²) in [6.07, 6.45) is -3.05. The number of carboxylic acids is 1. The zero-order valence-electron chi connectivity index (χ0n) is 59.7. The second kappa shape index (κ2) is 44.6. The maximum absolute atomic E-state index is 14.7. The Morgan fingerprint density at radius 2 is 0.794 bits per heavy atom. The SMILES string of the molecule is CC(C)C[C@H](NC(=O)[C@@H](NC(=O)[C@H](CCCN=C(N)N)NC(=O)[C@H](Cc1ccccc1)NC(=O)[C@H](CO)NC(=O)[C@H](Cc1ccc(O)cc1)NC(=O)CNC(=O)[C@H](CO)NC(=O)[C@H](Cc1ccc(O)cc1)NC(=O)CN)[C@@H](C)O)C(=O)N[C@@H](CS)C(=O)N[C@H](C(=O)N[C@@H](Cc1ccc(O)cc1)C(=O)O)C(C)C. The van der Waals surface area contributed by atoms with Gasteiger partial charge in [-0.05, 0) is 96.7 Å². The lowest BCUT2D eigenvalue weighted by molar-refractivity contribution is -0.142. The first kappa shape index (κ1) is 88.2. The number of aromatic hydroxyl groups is 3. The predicted molar refractivity (Wildman–Crippen MR) is 390 cm³/mol. The number of carbonyl (C=O) groups excluding carboxylic acids is 12. The third-order valence-electron chi connectivity index (χ3n) is 16.2. The third-order valence-corrected chi connectivity index (χ3v) is 16.6. The number of carbonyl (C=O) groups is 13. The minimum Gasteiger partial charge on any atom is -0.508 e. The number of benzene rings is 4. The van der Waals surface area contributed by atoms with E-state index in [-0.39, 0.29) is 86.4 Å². The molecular formula is C70H98N16O20S. The van der Waals surface area contributed by atoms with E-state index in [1.807, 2.05) is 0 Å². The molecule has 107 heavy (non-hydrogen) atoms. The topological polar surface area (TPSA) is 598 Å². The lowest BCUT2D eigenvalue weighted by Gasteiger charge is -2.29.